The maximum absolute atomic E-state index is 12.5. The Kier molecular flexibility index (Phi) is 5.48. The van der Waals surface area contributed by atoms with E-state index in [0.29, 0.717) is 29.5 Å². The molecule has 3 aromatic rings. The Morgan fingerprint density at radius 2 is 1.90 bits per heavy atom. The lowest BCUT2D eigenvalue weighted by molar-refractivity contribution is 0.0697. The smallest absolute Gasteiger partial charge is 0.339 e. The summed E-state index contributed by atoms with van der Waals surface area (Å²) in [5.74, 6) is -0.577. The van der Waals surface area contributed by atoms with Crippen LogP contribution in [0, 0.1) is 6.92 Å². The third-order valence-corrected chi connectivity index (χ3v) is 5.39. The number of hydrogen-bond donors (Lipinski definition) is 2. The Balaban J connectivity index is 1.54. The number of nitrogens with one attached hydrogen (secondary N) is 1. The van der Waals surface area contributed by atoms with Crippen LogP contribution in [-0.4, -0.2) is 35.1 Å². The van der Waals surface area contributed by atoms with Crippen LogP contribution in [0.25, 0.3) is 0 Å². The summed E-state index contributed by atoms with van der Waals surface area (Å²) in [6, 6.07) is 18.9. The number of rotatable bonds is 5. The first-order valence-corrected chi connectivity index (χ1v) is 9.92. The summed E-state index contributed by atoms with van der Waals surface area (Å²) in [6.45, 7) is 3.36. The summed E-state index contributed by atoms with van der Waals surface area (Å²) in [6.07, 6.45) is 2.46. The summed E-state index contributed by atoms with van der Waals surface area (Å²) in [4.78, 5) is 30.8. The van der Waals surface area contributed by atoms with E-state index in [0.717, 1.165) is 18.5 Å². The number of benzene rings is 2. The van der Waals surface area contributed by atoms with Gasteiger partial charge in [-0.15, -0.1) is 0 Å². The Labute approximate surface area is 175 Å². The van der Waals surface area contributed by atoms with Gasteiger partial charge in [-0.2, -0.15) is 0 Å². The molecule has 1 aliphatic heterocycles. The van der Waals surface area contributed by atoms with Crippen LogP contribution in [-0.2, 0) is 0 Å². The average molecular weight is 401 g/mol. The second kappa shape index (κ2) is 8.37. The molecule has 30 heavy (non-hydrogen) atoms. The largest absolute Gasteiger partial charge is 0.478 e. The molecule has 1 aliphatic rings. The molecule has 1 amide bonds. The first-order chi connectivity index (χ1) is 14.5. The maximum atomic E-state index is 12.5. The van der Waals surface area contributed by atoms with Gasteiger partial charge in [0.2, 0.25) is 0 Å². The number of nitrogens with zero attached hydrogens (tertiary/aromatic N) is 2. The van der Waals surface area contributed by atoms with E-state index in [9.17, 15) is 14.7 Å². The number of aryl methyl sites for hydroxylation is 1. The summed E-state index contributed by atoms with van der Waals surface area (Å²) in [5.41, 5.74) is 3.19. The van der Waals surface area contributed by atoms with Gasteiger partial charge in [0.05, 0.1) is 11.9 Å². The first kappa shape index (κ1) is 19.6. The highest BCUT2D eigenvalue weighted by Crippen LogP contribution is 2.32. The molecule has 1 aromatic heterocycles. The predicted octanol–water partition coefficient (Wildman–Crippen LogP) is 4.33. The van der Waals surface area contributed by atoms with Gasteiger partial charge in [0.15, 0.2) is 0 Å². The number of aromatic carboxylic acids is 1. The molecule has 1 fully saturated rings. The van der Waals surface area contributed by atoms with E-state index in [1.165, 1.54) is 17.8 Å². The van der Waals surface area contributed by atoms with Crippen molar-refractivity contribution in [1.29, 1.82) is 0 Å². The molecule has 6 nitrogen and oxygen atoms in total. The van der Waals surface area contributed by atoms with E-state index in [1.54, 1.807) is 12.1 Å². The zero-order chi connectivity index (χ0) is 21.1. The number of carbonyl (C=O) groups is 2. The topological polar surface area (TPSA) is 82.5 Å². The van der Waals surface area contributed by atoms with Crippen molar-refractivity contribution in [3.05, 3.63) is 89.1 Å². The summed E-state index contributed by atoms with van der Waals surface area (Å²) >= 11 is 0. The van der Waals surface area contributed by atoms with Crippen LogP contribution >= 0.6 is 0 Å². The van der Waals surface area contributed by atoms with Gasteiger partial charge in [0.1, 0.15) is 11.4 Å². The minimum atomic E-state index is -1.06. The van der Waals surface area contributed by atoms with E-state index in [-0.39, 0.29) is 11.5 Å². The quantitative estimate of drug-likeness (QED) is 0.665. The molecule has 2 heterocycles. The molecule has 2 aromatic carbocycles. The molecule has 1 saturated heterocycles. The first-order valence-electron chi connectivity index (χ1n) is 9.92. The van der Waals surface area contributed by atoms with E-state index >= 15 is 0 Å². The number of aromatic nitrogens is 1. The van der Waals surface area contributed by atoms with Crippen molar-refractivity contribution in [1.82, 2.24) is 4.98 Å². The van der Waals surface area contributed by atoms with Crippen molar-refractivity contribution in [3.8, 4) is 0 Å². The van der Waals surface area contributed by atoms with Gasteiger partial charge < -0.3 is 15.3 Å². The molecule has 152 valence electrons. The molecule has 6 heteroatoms. The zero-order valence-corrected chi connectivity index (χ0v) is 16.7. The van der Waals surface area contributed by atoms with E-state index in [2.05, 4.69) is 22.4 Å². The lowest BCUT2D eigenvalue weighted by Crippen LogP contribution is -2.23. The van der Waals surface area contributed by atoms with Crippen LogP contribution in [0.4, 0.5) is 11.5 Å². The molecule has 0 spiro atoms. The highest BCUT2D eigenvalue weighted by atomic mass is 16.4. The van der Waals surface area contributed by atoms with Crippen molar-refractivity contribution in [2.45, 2.75) is 19.3 Å². The number of carboxylic acid groups (broad SMARTS) is 1. The predicted molar refractivity (Wildman–Crippen MR) is 116 cm³/mol. The third-order valence-electron chi connectivity index (χ3n) is 5.39. The molecule has 0 aliphatic carbocycles. The second-order valence-corrected chi connectivity index (χ2v) is 7.57. The molecular weight excluding hydrogens is 378 g/mol. The van der Waals surface area contributed by atoms with Crippen molar-refractivity contribution >= 4 is 23.4 Å². The molecule has 0 bridgehead atoms. The molecule has 1 atom stereocenters. The van der Waals surface area contributed by atoms with Gasteiger partial charge in [0, 0.05) is 24.6 Å². The van der Waals surface area contributed by atoms with Gasteiger partial charge in [0.25, 0.3) is 5.91 Å². The minimum absolute atomic E-state index is 0.0887. The molecule has 0 saturated carbocycles. The van der Waals surface area contributed by atoms with Gasteiger partial charge >= 0.3 is 5.97 Å². The fourth-order valence-electron chi connectivity index (χ4n) is 3.87. The third kappa shape index (κ3) is 4.17. The van der Waals surface area contributed by atoms with Crippen LogP contribution in [0.2, 0.25) is 0 Å². The fourth-order valence-corrected chi connectivity index (χ4v) is 3.87. The monoisotopic (exact) mass is 401 g/mol. The molecule has 2 N–H and O–H groups in total. The van der Waals surface area contributed by atoms with Crippen molar-refractivity contribution in [3.63, 3.8) is 0 Å². The Morgan fingerprint density at radius 1 is 1.10 bits per heavy atom. The number of carboxylic acids is 1. The Hall–Kier alpha value is -3.67. The Bertz CT molecular complexity index is 1080. The second-order valence-electron chi connectivity index (χ2n) is 7.57. The minimum Gasteiger partial charge on any atom is -0.478 e. The molecular formula is C24H23N3O3. The number of amides is 1. The molecule has 1 unspecified atom stereocenters. The summed E-state index contributed by atoms with van der Waals surface area (Å²) in [7, 11) is 0. The number of anilines is 2. The van der Waals surface area contributed by atoms with Gasteiger partial charge in [-0.1, -0.05) is 48.0 Å². The number of carbonyl (C=O) groups excluding carboxylic acids is 1. The SMILES string of the molecule is Cc1cccc(C(=O)Nc2cnc(N3CCC(c4ccccc4)C3)c(C(=O)O)c2)c1. The average Bonchev–Trinajstić information content (AvgIpc) is 3.24. The van der Waals surface area contributed by atoms with E-state index in [4.69, 9.17) is 0 Å². The summed E-state index contributed by atoms with van der Waals surface area (Å²) < 4.78 is 0. The van der Waals surface area contributed by atoms with E-state index in [1.807, 2.05) is 42.2 Å². The highest BCUT2D eigenvalue weighted by molar-refractivity contribution is 6.05. The lowest BCUT2D eigenvalue weighted by Gasteiger charge is -2.20. The number of hydrogen-bond acceptors (Lipinski definition) is 4. The van der Waals surface area contributed by atoms with Crippen molar-refractivity contribution in [2.75, 3.05) is 23.3 Å². The van der Waals surface area contributed by atoms with E-state index < -0.39 is 5.97 Å². The molecule has 4 rings (SSSR count). The Morgan fingerprint density at radius 3 is 2.63 bits per heavy atom. The van der Waals surface area contributed by atoms with Crippen LogP contribution in [0.15, 0.2) is 66.9 Å². The van der Waals surface area contributed by atoms with Gasteiger partial charge in [-0.25, -0.2) is 9.78 Å². The maximum Gasteiger partial charge on any atom is 0.339 e. The van der Waals surface area contributed by atoms with Crippen molar-refractivity contribution < 1.29 is 14.7 Å². The van der Waals surface area contributed by atoms with Crippen LogP contribution < -0.4 is 10.2 Å². The van der Waals surface area contributed by atoms with Gasteiger partial charge in [-0.3, -0.25) is 4.79 Å². The highest BCUT2D eigenvalue weighted by Gasteiger charge is 2.28. The van der Waals surface area contributed by atoms with Crippen LogP contribution in [0.5, 0.6) is 0 Å². The number of pyridine rings is 1. The van der Waals surface area contributed by atoms with Crippen LogP contribution in [0.3, 0.4) is 0 Å². The summed E-state index contributed by atoms with van der Waals surface area (Å²) in [5, 5.41) is 12.5. The normalized spacial score (nSPS) is 15.8. The zero-order valence-electron chi connectivity index (χ0n) is 16.7. The lowest BCUT2D eigenvalue weighted by atomic mass is 9.99. The van der Waals surface area contributed by atoms with Gasteiger partial charge in [-0.05, 0) is 37.1 Å². The standard InChI is InChI=1S/C24H23N3O3/c1-16-6-5-9-18(12-16)23(28)26-20-13-21(24(29)30)22(25-14-20)27-11-10-19(15-27)17-7-3-2-4-8-17/h2-9,12-14,19H,10-11,15H2,1H3,(H,26,28)(H,29,30). The molecule has 0 radical (unpaired) electrons. The van der Waals surface area contributed by atoms with Crippen LogP contribution in [0.1, 0.15) is 44.2 Å². The van der Waals surface area contributed by atoms with Crippen molar-refractivity contribution in [2.24, 2.45) is 0 Å². The fraction of sp³-hybridized carbons (Fsp3) is 0.208.